The summed E-state index contributed by atoms with van der Waals surface area (Å²) < 4.78 is 6.16. The lowest BCUT2D eigenvalue weighted by atomic mass is 9.36. The third-order valence-corrected chi connectivity index (χ3v) is 13.6. The number of ether oxygens (including phenoxy) is 1. The molecular weight excluding hydrogens is 506 g/mol. The Morgan fingerprint density at radius 1 is 1.07 bits per heavy atom. The molecule has 1 aromatic rings. The fraction of sp³-hybridized carbons (Fsp3) is 0.730. The second-order valence-electron chi connectivity index (χ2n) is 15.7. The van der Waals surface area contributed by atoms with Gasteiger partial charge in [-0.3, -0.25) is 0 Å². The van der Waals surface area contributed by atoms with E-state index in [1.165, 1.54) is 24.8 Å². The number of rotatable bonds is 7. The van der Waals surface area contributed by atoms with Crippen LogP contribution in [0, 0.1) is 68.5 Å². The standard InChI is InChI=1S/C37H53NO3/c1-24(2)27-15-19-37(23-41-33(40)26-11-9-8-10-12-26)21-20-36(7)30(32(27)37)14-13-29-25(3)28(16-18-35(29,36)6)34(4,5)31(39)17-22-38/h8-12,24,27-32,39H,3,13-21,23H2,1-2,4-7H3/t27-,28+,29+,30+,31-,32+,35+,36+,37+/m0/s1. The van der Waals surface area contributed by atoms with E-state index in [1.807, 2.05) is 30.3 Å². The number of fused-ring (bicyclic) bond motifs is 5. The summed E-state index contributed by atoms with van der Waals surface area (Å²) >= 11 is 0. The molecule has 4 aliphatic carbocycles. The topological polar surface area (TPSA) is 70.3 Å². The number of aliphatic hydroxyl groups is 1. The average molecular weight is 560 g/mol. The van der Waals surface area contributed by atoms with Crippen LogP contribution in [0.5, 0.6) is 0 Å². The number of esters is 1. The van der Waals surface area contributed by atoms with Crippen molar-refractivity contribution in [3.05, 3.63) is 48.0 Å². The molecule has 4 heteroatoms. The van der Waals surface area contributed by atoms with Crippen molar-refractivity contribution < 1.29 is 14.6 Å². The number of nitrogens with zero attached hydrogens (tertiary/aromatic N) is 1. The molecule has 0 radical (unpaired) electrons. The van der Waals surface area contributed by atoms with Crippen LogP contribution in [0.2, 0.25) is 0 Å². The lowest BCUT2D eigenvalue weighted by molar-refractivity contribution is -0.184. The van der Waals surface area contributed by atoms with Gasteiger partial charge >= 0.3 is 5.97 Å². The van der Waals surface area contributed by atoms with E-state index >= 15 is 0 Å². The number of aliphatic hydroxyl groups excluding tert-OH is 1. The van der Waals surface area contributed by atoms with Crippen LogP contribution < -0.4 is 0 Å². The van der Waals surface area contributed by atoms with Crippen LogP contribution in [0.3, 0.4) is 0 Å². The van der Waals surface area contributed by atoms with Crippen molar-refractivity contribution in [3.8, 4) is 6.07 Å². The van der Waals surface area contributed by atoms with Crippen LogP contribution >= 0.6 is 0 Å². The zero-order chi connectivity index (χ0) is 29.8. The number of carbonyl (C=O) groups excluding carboxylic acids is 1. The van der Waals surface area contributed by atoms with E-state index in [0.29, 0.717) is 41.8 Å². The van der Waals surface area contributed by atoms with Gasteiger partial charge in [0.1, 0.15) is 0 Å². The van der Waals surface area contributed by atoms with Crippen molar-refractivity contribution >= 4 is 5.97 Å². The van der Waals surface area contributed by atoms with Crippen LogP contribution in [0.1, 0.15) is 110 Å². The maximum atomic E-state index is 13.0. The SMILES string of the molecule is C=C1[C@H](C(C)(C)[C@@H](O)CC#N)CC[C@]2(C)[C@@H]1CC[C@@H]1[C@H]3[C@H](C(C)C)CC[C@]3(COC(=O)c3ccccc3)CC[C@]12C. The first-order valence-corrected chi connectivity index (χ1v) is 16.3. The van der Waals surface area contributed by atoms with E-state index in [4.69, 9.17) is 11.3 Å². The number of benzene rings is 1. The predicted molar refractivity (Wildman–Crippen MR) is 164 cm³/mol. The number of hydrogen-bond donors (Lipinski definition) is 1. The Morgan fingerprint density at radius 3 is 2.44 bits per heavy atom. The lowest BCUT2D eigenvalue weighted by Crippen LogP contribution is -2.62. The summed E-state index contributed by atoms with van der Waals surface area (Å²) in [6, 6.07) is 11.6. The highest BCUT2D eigenvalue weighted by Crippen LogP contribution is 2.74. The van der Waals surface area contributed by atoms with Gasteiger partial charge in [-0.05, 0) is 115 Å². The molecule has 0 spiro atoms. The van der Waals surface area contributed by atoms with Crippen LogP contribution in [0.25, 0.3) is 0 Å². The fourth-order valence-electron chi connectivity index (χ4n) is 10.8. The summed E-state index contributed by atoms with van der Waals surface area (Å²) in [5.41, 5.74) is 2.05. The average Bonchev–Trinajstić information content (AvgIpc) is 3.33. The fourth-order valence-corrected chi connectivity index (χ4v) is 10.8. The van der Waals surface area contributed by atoms with E-state index in [1.54, 1.807) is 0 Å². The molecular formula is C37H53NO3. The maximum Gasteiger partial charge on any atom is 0.338 e. The number of carbonyl (C=O) groups is 1. The second-order valence-corrected chi connectivity index (χ2v) is 15.7. The molecule has 4 nitrogen and oxygen atoms in total. The van der Waals surface area contributed by atoms with Gasteiger partial charge in [0.05, 0.1) is 30.8 Å². The molecule has 0 heterocycles. The third-order valence-electron chi connectivity index (χ3n) is 13.6. The van der Waals surface area contributed by atoms with Crippen molar-refractivity contribution in [1.82, 2.24) is 0 Å². The molecule has 0 saturated heterocycles. The van der Waals surface area contributed by atoms with E-state index in [2.05, 4.69) is 47.6 Å². The maximum absolute atomic E-state index is 13.0. The van der Waals surface area contributed by atoms with Crippen molar-refractivity contribution in [2.24, 2.45) is 57.2 Å². The Hall–Kier alpha value is -2.12. The molecule has 0 aliphatic heterocycles. The van der Waals surface area contributed by atoms with E-state index in [0.717, 1.165) is 32.1 Å². The van der Waals surface area contributed by atoms with Crippen molar-refractivity contribution in [3.63, 3.8) is 0 Å². The molecule has 4 saturated carbocycles. The van der Waals surface area contributed by atoms with Crippen LogP contribution in [-0.2, 0) is 4.74 Å². The molecule has 41 heavy (non-hydrogen) atoms. The van der Waals surface area contributed by atoms with E-state index < -0.39 is 6.10 Å². The van der Waals surface area contributed by atoms with E-state index in [-0.39, 0.29) is 40.0 Å². The zero-order valence-corrected chi connectivity index (χ0v) is 26.4. The molecule has 0 aromatic heterocycles. The lowest BCUT2D eigenvalue weighted by Gasteiger charge is -2.68. The summed E-state index contributed by atoms with van der Waals surface area (Å²) in [6.07, 6.45) is 8.76. The molecule has 4 fully saturated rings. The Balaban J connectivity index is 1.42. The quantitative estimate of drug-likeness (QED) is 0.268. The van der Waals surface area contributed by atoms with Gasteiger partial charge < -0.3 is 9.84 Å². The summed E-state index contributed by atoms with van der Waals surface area (Å²) in [6.45, 7) is 19.5. The molecule has 0 bridgehead atoms. The van der Waals surface area contributed by atoms with Gasteiger partial charge in [-0.1, -0.05) is 71.9 Å². The van der Waals surface area contributed by atoms with Crippen molar-refractivity contribution in [2.45, 2.75) is 105 Å². The third kappa shape index (κ3) is 4.70. The Labute approximate surface area is 248 Å². The van der Waals surface area contributed by atoms with Crippen LogP contribution in [-0.4, -0.2) is 23.8 Å². The first kappa shape index (κ1) is 30.3. The van der Waals surface area contributed by atoms with Gasteiger partial charge in [0.15, 0.2) is 0 Å². The molecule has 0 amide bonds. The van der Waals surface area contributed by atoms with Gasteiger partial charge in [0.2, 0.25) is 0 Å². The highest BCUT2D eigenvalue weighted by atomic mass is 16.5. The molecule has 4 aliphatic rings. The smallest absolute Gasteiger partial charge is 0.338 e. The first-order valence-electron chi connectivity index (χ1n) is 16.3. The van der Waals surface area contributed by atoms with E-state index in [9.17, 15) is 15.2 Å². The second kappa shape index (κ2) is 10.9. The Morgan fingerprint density at radius 2 is 1.78 bits per heavy atom. The van der Waals surface area contributed by atoms with Gasteiger partial charge in [-0.2, -0.15) is 5.26 Å². The minimum Gasteiger partial charge on any atom is -0.461 e. The molecule has 224 valence electrons. The zero-order valence-electron chi connectivity index (χ0n) is 26.4. The van der Waals surface area contributed by atoms with Crippen LogP contribution in [0.4, 0.5) is 0 Å². The highest BCUT2D eigenvalue weighted by Gasteiger charge is 2.67. The number of allylic oxidation sites excluding steroid dienone is 1. The molecule has 9 atom stereocenters. The summed E-state index contributed by atoms with van der Waals surface area (Å²) in [5, 5.41) is 20.2. The number of nitriles is 1. The monoisotopic (exact) mass is 559 g/mol. The minimum atomic E-state index is -0.635. The Bertz CT molecular complexity index is 1180. The number of hydrogen-bond acceptors (Lipinski definition) is 4. The van der Waals surface area contributed by atoms with Crippen molar-refractivity contribution in [1.29, 1.82) is 5.26 Å². The Kier molecular flexibility index (Phi) is 8.04. The summed E-state index contributed by atoms with van der Waals surface area (Å²) in [5.74, 6) is 2.96. The van der Waals surface area contributed by atoms with Gasteiger partial charge in [0, 0.05) is 5.41 Å². The molecule has 0 unspecified atom stereocenters. The van der Waals surface area contributed by atoms with Crippen molar-refractivity contribution in [2.75, 3.05) is 6.61 Å². The molecule has 1 N–H and O–H groups in total. The van der Waals surface area contributed by atoms with Gasteiger partial charge in [0.25, 0.3) is 0 Å². The first-order chi connectivity index (χ1) is 19.3. The minimum absolute atomic E-state index is 0.0738. The molecule has 5 rings (SSSR count). The normalized spacial score (nSPS) is 39.3. The largest absolute Gasteiger partial charge is 0.461 e. The summed E-state index contributed by atoms with van der Waals surface area (Å²) in [7, 11) is 0. The highest BCUT2D eigenvalue weighted by molar-refractivity contribution is 5.89. The van der Waals surface area contributed by atoms with Gasteiger partial charge in [-0.15, -0.1) is 0 Å². The van der Waals surface area contributed by atoms with Crippen LogP contribution in [0.15, 0.2) is 42.5 Å². The molecule has 1 aromatic carbocycles. The summed E-state index contributed by atoms with van der Waals surface area (Å²) in [4.78, 5) is 13.0. The predicted octanol–water partition coefficient (Wildman–Crippen LogP) is 8.61. The van der Waals surface area contributed by atoms with Gasteiger partial charge in [-0.25, -0.2) is 4.79 Å².